The average Bonchev–Trinajstić information content (AvgIpc) is 2.28. The lowest BCUT2D eigenvalue weighted by Crippen LogP contribution is -2.37. The maximum absolute atomic E-state index is 11.0. The Kier molecular flexibility index (Phi) is 2.70. The summed E-state index contributed by atoms with van der Waals surface area (Å²) in [7, 11) is 0. The minimum absolute atomic E-state index is 0.0824. The van der Waals surface area contributed by atoms with Crippen LogP contribution in [-0.2, 0) is 11.3 Å². The van der Waals surface area contributed by atoms with Gasteiger partial charge in [-0.25, -0.2) is 4.79 Å². The van der Waals surface area contributed by atoms with Gasteiger partial charge in [0.05, 0.1) is 11.4 Å². The van der Waals surface area contributed by atoms with E-state index in [4.69, 9.17) is 11.5 Å². The number of aromatic nitrogens is 2. The molecule has 0 unspecified atom stereocenters. The quantitative estimate of drug-likeness (QED) is 0.562. The number of urea groups is 1. The highest BCUT2D eigenvalue weighted by Crippen LogP contribution is 2.05. The maximum Gasteiger partial charge on any atom is 0.318 e. The number of hydrogen-bond donors (Lipinski definition) is 3. The minimum Gasteiger partial charge on any atom is -0.396 e. The molecule has 7 heteroatoms. The van der Waals surface area contributed by atoms with Crippen LogP contribution in [0.25, 0.3) is 0 Å². The van der Waals surface area contributed by atoms with Gasteiger partial charge in [0.25, 0.3) is 0 Å². The summed E-state index contributed by atoms with van der Waals surface area (Å²) in [6, 6.07) is -0.883. The molecule has 0 atom stereocenters. The molecule has 76 valence electrons. The zero-order valence-corrected chi connectivity index (χ0v) is 7.65. The molecular weight excluding hydrogens is 186 g/mol. The van der Waals surface area contributed by atoms with Crippen molar-refractivity contribution in [2.24, 2.45) is 5.73 Å². The molecule has 0 bridgehead atoms. The van der Waals surface area contributed by atoms with E-state index in [0.29, 0.717) is 11.4 Å². The SMILES string of the molecule is Cc1nn(CC(=O)NC(N)=O)cc1N. The predicted molar refractivity (Wildman–Crippen MR) is 49.1 cm³/mol. The number of imide groups is 1. The van der Waals surface area contributed by atoms with E-state index < -0.39 is 11.9 Å². The predicted octanol–water partition coefficient (Wildman–Crippen LogP) is -1.03. The molecule has 14 heavy (non-hydrogen) atoms. The van der Waals surface area contributed by atoms with E-state index in [1.807, 2.05) is 5.32 Å². The van der Waals surface area contributed by atoms with Crippen molar-refractivity contribution in [2.75, 3.05) is 5.73 Å². The molecule has 7 nitrogen and oxygen atoms in total. The molecule has 5 N–H and O–H groups in total. The number of primary amides is 1. The third-order valence-corrected chi connectivity index (χ3v) is 1.55. The summed E-state index contributed by atoms with van der Waals surface area (Å²) >= 11 is 0. The fourth-order valence-electron chi connectivity index (χ4n) is 0.938. The van der Waals surface area contributed by atoms with Crippen LogP contribution < -0.4 is 16.8 Å². The molecule has 0 fully saturated rings. The van der Waals surface area contributed by atoms with Crippen molar-refractivity contribution in [2.45, 2.75) is 13.5 Å². The van der Waals surface area contributed by atoms with E-state index in [-0.39, 0.29) is 6.54 Å². The molecule has 0 aromatic carbocycles. The Morgan fingerprint density at radius 1 is 1.64 bits per heavy atom. The zero-order valence-electron chi connectivity index (χ0n) is 7.65. The van der Waals surface area contributed by atoms with Gasteiger partial charge >= 0.3 is 6.03 Å². The van der Waals surface area contributed by atoms with Gasteiger partial charge in [-0.15, -0.1) is 0 Å². The molecule has 1 heterocycles. The number of nitrogen functional groups attached to an aromatic ring is 1. The summed E-state index contributed by atoms with van der Waals surface area (Å²) in [5, 5.41) is 5.85. The topological polar surface area (TPSA) is 116 Å². The van der Waals surface area contributed by atoms with Crippen molar-refractivity contribution in [1.29, 1.82) is 0 Å². The summed E-state index contributed by atoms with van der Waals surface area (Å²) in [5.74, 6) is -0.528. The molecular formula is C7H11N5O2. The molecule has 0 saturated carbocycles. The number of anilines is 1. The van der Waals surface area contributed by atoms with Crippen LogP contribution in [0.5, 0.6) is 0 Å². The number of carbonyl (C=O) groups is 2. The maximum atomic E-state index is 11.0. The first-order valence-corrected chi connectivity index (χ1v) is 3.88. The van der Waals surface area contributed by atoms with Crippen molar-refractivity contribution >= 4 is 17.6 Å². The third-order valence-electron chi connectivity index (χ3n) is 1.55. The first kappa shape index (κ1) is 10.0. The summed E-state index contributed by atoms with van der Waals surface area (Å²) in [4.78, 5) is 21.3. The number of amides is 3. The number of nitrogens with two attached hydrogens (primary N) is 2. The van der Waals surface area contributed by atoms with E-state index in [0.717, 1.165) is 0 Å². The minimum atomic E-state index is -0.883. The molecule has 0 aliphatic heterocycles. The normalized spacial score (nSPS) is 9.79. The number of rotatable bonds is 2. The molecule has 0 spiro atoms. The van der Waals surface area contributed by atoms with Crippen molar-refractivity contribution in [3.05, 3.63) is 11.9 Å². The van der Waals surface area contributed by atoms with E-state index in [1.54, 1.807) is 6.92 Å². The van der Waals surface area contributed by atoms with Crippen LogP contribution in [0.1, 0.15) is 5.69 Å². The van der Waals surface area contributed by atoms with E-state index in [1.165, 1.54) is 10.9 Å². The van der Waals surface area contributed by atoms with Gasteiger partial charge in [-0.2, -0.15) is 5.10 Å². The lowest BCUT2D eigenvalue weighted by Gasteiger charge is -1.99. The largest absolute Gasteiger partial charge is 0.396 e. The Balaban J connectivity index is 2.60. The molecule has 3 amide bonds. The highest BCUT2D eigenvalue weighted by Gasteiger charge is 2.07. The summed E-state index contributed by atoms with van der Waals surface area (Å²) < 4.78 is 1.34. The van der Waals surface area contributed by atoms with Crippen LogP contribution in [-0.4, -0.2) is 21.7 Å². The molecule has 0 aliphatic rings. The molecule has 1 aromatic heterocycles. The van der Waals surface area contributed by atoms with Gasteiger partial charge < -0.3 is 11.5 Å². The first-order chi connectivity index (χ1) is 6.49. The van der Waals surface area contributed by atoms with Crippen LogP contribution in [0.2, 0.25) is 0 Å². The Morgan fingerprint density at radius 2 is 2.29 bits per heavy atom. The van der Waals surface area contributed by atoms with Crippen molar-refractivity contribution in [1.82, 2.24) is 15.1 Å². The lowest BCUT2D eigenvalue weighted by atomic mass is 10.4. The van der Waals surface area contributed by atoms with Gasteiger partial charge in [-0.3, -0.25) is 14.8 Å². The van der Waals surface area contributed by atoms with Crippen molar-refractivity contribution in [3.8, 4) is 0 Å². The zero-order chi connectivity index (χ0) is 10.7. The number of nitrogens with zero attached hydrogens (tertiary/aromatic N) is 2. The van der Waals surface area contributed by atoms with Gasteiger partial charge in [-0.1, -0.05) is 0 Å². The van der Waals surface area contributed by atoms with E-state index in [9.17, 15) is 9.59 Å². The van der Waals surface area contributed by atoms with Gasteiger partial charge in [-0.05, 0) is 6.92 Å². The van der Waals surface area contributed by atoms with Crippen LogP contribution in [0.15, 0.2) is 6.20 Å². The van der Waals surface area contributed by atoms with Crippen molar-refractivity contribution < 1.29 is 9.59 Å². The smallest absolute Gasteiger partial charge is 0.318 e. The number of carbonyl (C=O) groups excluding carboxylic acids is 2. The number of nitrogens with one attached hydrogen (secondary N) is 1. The lowest BCUT2D eigenvalue weighted by molar-refractivity contribution is -0.120. The number of aryl methyl sites for hydroxylation is 1. The summed E-state index contributed by atoms with van der Waals surface area (Å²) in [5.41, 5.74) is 11.4. The third kappa shape index (κ3) is 2.47. The first-order valence-electron chi connectivity index (χ1n) is 3.88. The Morgan fingerprint density at radius 3 is 2.71 bits per heavy atom. The second kappa shape index (κ2) is 3.77. The Hall–Kier alpha value is -2.05. The Bertz CT molecular complexity index is 351. The highest BCUT2D eigenvalue weighted by molar-refractivity contribution is 5.93. The highest BCUT2D eigenvalue weighted by atomic mass is 16.2. The second-order valence-electron chi connectivity index (χ2n) is 2.78. The van der Waals surface area contributed by atoms with Crippen LogP contribution in [0.3, 0.4) is 0 Å². The van der Waals surface area contributed by atoms with Crippen LogP contribution in [0.4, 0.5) is 10.5 Å². The summed E-state index contributed by atoms with van der Waals surface area (Å²) in [6.07, 6.45) is 1.51. The van der Waals surface area contributed by atoms with Gasteiger partial charge in [0, 0.05) is 6.20 Å². The molecule has 0 aliphatic carbocycles. The number of hydrogen-bond acceptors (Lipinski definition) is 4. The molecule has 0 saturated heterocycles. The standard InChI is InChI=1S/C7H11N5O2/c1-4-5(8)2-12(11-4)3-6(13)10-7(9)14/h2H,3,8H2,1H3,(H3,9,10,13,14). The van der Waals surface area contributed by atoms with Gasteiger partial charge in [0.2, 0.25) is 5.91 Å². The Labute approximate surface area is 80.1 Å². The molecule has 1 rings (SSSR count). The van der Waals surface area contributed by atoms with Gasteiger partial charge in [0.1, 0.15) is 6.54 Å². The van der Waals surface area contributed by atoms with Crippen LogP contribution in [0, 0.1) is 6.92 Å². The fourth-order valence-corrected chi connectivity index (χ4v) is 0.938. The van der Waals surface area contributed by atoms with Gasteiger partial charge in [0.15, 0.2) is 0 Å². The summed E-state index contributed by atoms with van der Waals surface area (Å²) in [6.45, 7) is 1.64. The average molecular weight is 197 g/mol. The van der Waals surface area contributed by atoms with E-state index >= 15 is 0 Å². The van der Waals surface area contributed by atoms with Crippen molar-refractivity contribution in [3.63, 3.8) is 0 Å². The molecule has 0 radical (unpaired) electrons. The van der Waals surface area contributed by atoms with E-state index in [2.05, 4.69) is 5.10 Å². The van der Waals surface area contributed by atoms with Crippen LogP contribution >= 0.6 is 0 Å². The second-order valence-corrected chi connectivity index (χ2v) is 2.78. The monoisotopic (exact) mass is 197 g/mol. The molecule has 1 aromatic rings. The fraction of sp³-hybridized carbons (Fsp3) is 0.286.